The molecule has 148 valence electrons. The zero-order valence-corrected chi connectivity index (χ0v) is 16.1. The van der Waals surface area contributed by atoms with E-state index in [-0.39, 0.29) is 12.4 Å². The molecule has 2 rings (SSSR count). The van der Waals surface area contributed by atoms with Crippen molar-refractivity contribution in [2.24, 2.45) is 0 Å². The summed E-state index contributed by atoms with van der Waals surface area (Å²) in [5.41, 5.74) is 4.01. The lowest BCUT2D eigenvalue weighted by Crippen LogP contribution is -2.13. The van der Waals surface area contributed by atoms with Crippen LogP contribution in [-0.4, -0.2) is 28.0 Å². The van der Waals surface area contributed by atoms with Gasteiger partial charge in [-0.25, -0.2) is 4.39 Å². The molecule has 0 aromatic heterocycles. The van der Waals surface area contributed by atoms with E-state index in [1.165, 1.54) is 12.1 Å². The van der Waals surface area contributed by atoms with E-state index in [2.05, 4.69) is 6.58 Å². The Morgan fingerprint density at radius 2 is 1.89 bits per heavy atom. The molecule has 2 aromatic rings. The summed E-state index contributed by atoms with van der Waals surface area (Å²) in [4.78, 5) is 0. The summed E-state index contributed by atoms with van der Waals surface area (Å²) in [5.74, 6) is -1.06. The van der Waals surface area contributed by atoms with Crippen LogP contribution in [0, 0.1) is 5.82 Å². The van der Waals surface area contributed by atoms with E-state index < -0.39 is 11.9 Å². The summed E-state index contributed by atoms with van der Waals surface area (Å²) >= 11 is 0. The molecule has 0 aliphatic heterocycles. The molecule has 28 heavy (non-hydrogen) atoms. The van der Waals surface area contributed by atoms with Crippen molar-refractivity contribution in [2.75, 3.05) is 6.61 Å². The Kier molecular flexibility index (Phi) is 8.18. The number of aliphatic hydroxyl groups is 2. The number of benzene rings is 2. The minimum absolute atomic E-state index is 0.153. The van der Waals surface area contributed by atoms with Crippen LogP contribution in [0.3, 0.4) is 0 Å². The number of phenolic OH excluding ortho intramolecular Hbond substituents is 1. The largest absolute Gasteiger partial charge is 0.505 e. The molecule has 0 bridgehead atoms. The Hall–Kier alpha value is -2.69. The summed E-state index contributed by atoms with van der Waals surface area (Å²) < 4.78 is 13.7. The van der Waals surface area contributed by atoms with Gasteiger partial charge in [0.25, 0.3) is 0 Å². The molecule has 0 heterocycles. The van der Waals surface area contributed by atoms with Gasteiger partial charge in [-0.3, -0.25) is 0 Å². The Morgan fingerprint density at radius 1 is 1.18 bits per heavy atom. The first-order valence-corrected chi connectivity index (χ1v) is 9.37. The standard InChI is InChI=1S/C24H27FO3/c1-3-17(2)21(13-14-26)23(27)12-10-20(19-7-5-4-6-8-19)15-18-9-11-24(28)22(25)16-18/h4-9,11,13,15-16,23,26-28H,2-3,10,12,14H2,1H3/b20-15-,21-13-. The quantitative estimate of drug-likeness (QED) is 0.418. The Labute approximate surface area is 165 Å². The van der Waals surface area contributed by atoms with Crippen molar-refractivity contribution in [1.29, 1.82) is 0 Å². The maximum Gasteiger partial charge on any atom is 0.165 e. The zero-order chi connectivity index (χ0) is 20.5. The fraction of sp³-hybridized carbons (Fsp3) is 0.250. The molecule has 0 saturated carbocycles. The van der Waals surface area contributed by atoms with E-state index >= 15 is 0 Å². The second-order valence-electron chi connectivity index (χ2n) is 6.60. The van der Waals surface area contributed by atoms with Gasteiger partial charge in [-0.05, 0) is 59.2 Å². The van der Waals surface area contributed by atoms with Crippen LogP contribution in [0.25, 0.3) is 11.6 Å². The second-order valence-corrected chi connectivity index (χ2v) is 6.60. The van der Waals surface area contributed by atoms with Crippen LogP contribution in [0.1, 0.15) is 37.3 Å². The molecule has 1 unspecified atom stereocenters. The molecule has 3 nitrogen and oxygen atoms in total. The van der Waals surface area contributed by atoms with Gasteiger partial charge in [0, 0.05) is 0 Å². The minimum Gasteiger partial charge on any atom is -0.505 e. The lowest BCUT2D eigenvalue weighted by molar-refractivity contribution is 0.202. The van der Waals surface area contributed by atoms with Crippen molar-refractivity contribution in [1.82, 2.24) is 0 Å². The first-order chi connectivity index (χ1) is 13.5. The third-order valence-corrected chi connectivity index (χ3v) is 4.65. The monoisotopic (exact) mass is 382 g/mol. The molecule has 3 N–H and O–H groups in total. The maximum atomic E-state index is 13.7. The SMILES string of the molecule is C=C(CC)/C(=C/CO)C(O)CC/C(=C/c1ccc(O)c(F)c1)c1ccccc1. The van der Waals surface area contributed by atoms with Gasteiger partial charge in [-0.2, -0.15) is 0 Å². The molecule has 2 aromatic carbocycles. The Bertz CT molecular complexity index is 853. The molecule has 0 aliphatic rings. The third kappa shape index (κ3) is 5.91. The van der Waals surface area contributed by atoms with Gasteiger partial charge >= 0.3 is 0 Å². The number of aliphatic hydroxyl groups excluding tert-OH is 2. The van der Waals surface area contributed by atoms with Crippen molar-refractivity contribution in [3.8, 4) is 5.75 Å². The van der Waals surface area contributed by atoms with E-state index in [9.17, 15) is 19.7 Å². The lowest BCUT2D eigenvalue weighted by Gasteiger charge is -2.18. The van der Waals surface area contributed by atoms with E-state index in [1.54, 1.807) is 12.1 Å². The fourth-order valence-corrected chi connectivity index (χ4v) is 3.03. The molecular weight excluding hydrogens is 355 g/mol. The summed E-state index contributed by atoms with van der Waals surface area (Å²) in [6, 6.07) is 13.9. The number of allylic oxidation sites excluding steroid dienone is 1. The molecule has 4 heteroatoms. The number of rotatable bonds is 9. The van der Waals surface area contributed by atoms with Gasteiger partial charge in [-0.15, -0.1) is 0 Å². The average molecular weight is 382 g/mol. The molecule has 0 radical (unpaired) electrons. The Balaban J connectivity index is 2.28. The second kappa shape index (κ2) is 10.6. The van der Waals surface area contributed by atoms with Crippen LogP contribution in [0.15, 0.2) is 72.3 Å². The van der Waals surface area contributed by atoms with E-state index in [0.717, 1.165) is 16.7 Å². The van der Waals surface area contributed by atoms with E-state index in [1.807, 2.05) is 43.3 Å². The molecule has 0 fully saturated rings. The number of hydrogen-bond acceptors (Lipinski definition) is 3. The van der Waals surface area contributed by atoms with Gasteiger partial charge in [0.15, 0.2) is 11.6 Å². The van der Waals surface area contributed by atoms with Crippen molar-refractivity contribution < 1.29 is 19.7 Å². The molecule has 0 spiro atoms. The molecule has 1 atom stereocenters. The van der Waals surface area contributed by atoms with Crippen molar-refractivity contribution in [2.45, 2.75) is 32.3 Å². The van der Waals surface area contributed by atoms with Crippen molar-refractivity contribution >= 4 is 11.6 Å². The molecule has 0 aliphatic carbocycles. The minimum atomic E-state index is -0.747. The lowest BCUT2D eigenvalue weighted by atomic mass is 9.92. The van der Waals surface area contributed by atoms with Crippen LogP contribution >= 0.6 is 0 Å². The smallest absolute Gasteiger partial charge is 0.165 e. The van der Waals surface area contributed by atoms with Gasteiger partial charge in [0.1, 0.15) is 0 Å². The van der Waals surface area contributed by atoms with Crippen LogP contribution in [-0.2, 0) is 0 Å². The summed E-state index contributed by atoms with van der Waals surface area (Å²) in [6.07, 6.45) is 4.38. The normalized spacial score (nSPS) is 13.4. The van der Waals surface area contributed by atoms with Crippen molar-refractivity contribution in [3.63, 3.8) is 0 Å². The van der Waals surface area contributed by atoms with Gasteiger partial charge in [0.05, 0.1) is 12.7 Å². The molecule has 0 amide bonds. The van der Waals surface area contributed by atoms with Gasteiger partial charge in [0.2, 0.25) is 0 Å². The fourth-order valence-electron chi connectivity index (χ4n) is 3.03. The summed E-state index contributed by atoms with van der Waals surface area (Å²) in [7, 11) is 0. The number of aromatic hydroxyl groups is 1. The molecule has 0 saturated heterocycles. The van der Waals surface area contributed by atoms with E-state index in [4.69, 9.17) is 0 Å². The third-order valence-electron chi connectivity index (χ3n) is 4.65. The maximum absolute atomic E-state index is 13.7. The predicted molar refractivity (Wildman–Crippen MR) is 112 cm³/mol. The summed E-state index contributed by atoms with van der Waals surface area (Å²) in [6.45, 7) is 5.76. The highest BCUT2D eigenvalue weighted by Gasteiger charge is 2.14. The first kappa shape index (κ1) is 21.6. The van der Waals surface area contributed by atoms with Crippen LogP contribution < -0.4 is 0 Å². The Morgan fingerprint density at radius 3 is 2.50 bits per heavy atom. The molecular formula is C24H27FO3. The highest BCUT2D eigenvalue weighted by atomic mass is 19.1. The predicted octanol–water partition coefficient (Wildman–Crippen LogP) is 5.10. The highest BCUT2D eigenvalue weighted by molar-refractivity contribution is 5.81. The highest BCUT2D eigenvalue weighted by Crippen LogP contribution is 2.28. The number of halogens is 1. The van der Waals surface area contributed by atoms with Gasteiger partial charge in [-0.1, -0.05) is 62.1 Å². The average Bonchev–Trinajstić information content (AvgIpc) is 2.71. The van der Waals surface area contributed by atoms with Crippen LogP contribution in [0.5, 0.6) is 5.75 Å². The topological polar surface area (TPSA) is 60.7 Å². The number of phenols is 1. The van der Waals surface area contributed by atoms with Crippen LogP contribution in [0.4, 0.5) is 4.39 Å². The zero-order valence-electron chi connectivity index (χ0n) is 16.1. The summed E-state index contributed by atoms with van der Waals surface area (Å²) in [5, 5.41) is 29.3. The first-order valence-electron chi connectivity index (χ1n) is 9.37. The van der Waals surface area contributed by atoms with E-state index in [0.29, 0.717) is 30.4 Å². The van der Waals surface area contributed by atoms with Crippen molar-refractivity contribution in [3.05, 3.63) is 89.3 Å². The number of hydrogen-bond donors (Lipinski definition) is 3. The van der Waals surface area contributed by atoms with Crippen LogP contribution in [0.2, 0.25) is 0 Å². The van der Waals surface area contributed by atoms with Gasteiger partial charge < -0.3 is 15.3 Å².